The van der Waals surface area contributed by atoms with E-state index in [1.807, 2.05) is 12.1 Å². The van der Waals surface area contributed by atoms with Crippen molar-refractivity contribution in [2.75, 3.05) is 7.11 Å². The zero-order chi connectivity index (χ0) is 22.8. The summed E-state index contributed by atoms with van der Waals surface area (Å²) in [6.07, 6.45) is 1.29. The summed E-state index contributed by atoms with van der Waals surface area (Å²) in [7, 11) is 1.54. The minimum absolute atomic E-state index is 0.0898. The van der Waals surface area contributed by atoms with Gasteiger partial charge in [-0.05, 0) is 50.2 Å². The number of hydrogen-bond acceptors (Lipinski definition) is 6. The molecule has 0 unspecified atom stereocenters. The van der Waals surface area contributed by atoms with Crippen LogP contribution in [0.5, 0.6) is 11.5 Å². The Hall–Kier alpha value is -3.96. The summed E-state index contributed by atoms with van der Waals surface area (Å²) in [5, 5.41) is 10.8. The Kier molecular flexibility index (Phi) is 5.75. The number of esters is 1. The second-order valence-electron chi connectivity index (χ2n) is 7.45. The van der Waals surface area contributed by atoms with Crippen LogP contribution in [0.25, 0.3) is 21.8 Å². The number of nitrogens with one attached hydrogen (secondary N) is 1. The first-order chi connectivity index (χ1) is 15.4. The second-order valence-corrected chi connectivity index (χ2v) is 7.45. The smallest absolute Gasteiger partial charge is 0.357 e. The molecule has 0 aliphatic heterocycles. The van der Waals surface area contributed by atoms with Gasteiger partial charge in [0.25, 0.3) is 0 Å². The Balaban J connectivity index is 1.85. The van der Waals surface area contributed by atoms with Crippen molar-refractivity contribution in [1.82, 2.24) is 9.97 Å². The van der Waals surface area contributed by atoms with Gasteiger partial charge in [-0.15, -0.1) is 0 Å². The van der Waals surface area contributed by atoms with Crippen LogP contribution >= 0.6 is 0 Å². The number of nitriles is 1. The maximum Gasteiger partial charge on any atom is 0.357 e. The molecule has 0 amide bonds. The minimum atomic E-state index is -0.527. The van der Waals surface area contributed by atoms with Crippen LogP contribution in [0.2, 0.25) is 0 Å². The van der Waals surface area contributed by atoms with Crippen LogP contribution in [0.3, 0.4) is 0 Å². The molecular formula is C24H20FN3O4. The van der Waals surface area contributed by atoms with E-state index >= 15 is 0 Å². The molecule has 162 valence electrons. The Bertz CT molecular complexity index is 1370. The van der Waals surface area contributed by atoms with Crippen LogP contribution in [-0.2, 0) is 16.1 Å². The largest absolute Gasteiger partial charge is 0.458 e. The number of H-pyrrole nitrogens is 1. The molecule has 2 heterocycles. The van der Waals surface area contributed by atoms with E-state index in [-0.39, 0.29) is 29.7 Å². The van der Waals surface area contributed by atoms with E-state index in [4.69, 9.17) is 14.2 Å². The normalized spacial score (nSPS) is 11.1. The van der Waals surface area contributed by atoms with Gasteiger partial charge in [0.1, 0.15) is 23.4 Å². The predicted molar refractivity (Wildman–Crippen MR) is 116 cm³/mol. The average Bonchev–Trinajstić information content (AvgIpc) is 3.13. The monoisotopic (exact) mass is 433 g/mol. The van der Waals surface area contributed by atoms with Crippen LogP contribution in [0.1, 0.15) is 35.5 Å². The number of carbonyl (C=O) groups is 1. The zero-order valence-corrected chi connectivity index (χ0v) is 17.7. The van der Waals surface area contributed by atoms with Crippen LogP contribution in [0.4, 0.5) is 4.39 Å². The number of hydrogen-bond donors (Lipinski definition) is 1. The highest BCUT2D eigenvalue weighted by molar-refractivity contribution is 6.11. The Morgan fingerprint density at radius 1 is 1.22 bits per heavy atom. The SMILES string of the molecule is COCc1c(C(=O)OC(C)C)ncc2[nH]c3ccc(Oc4ccc(F)cc4C#N)cc3c12. The highest BCUT2D eigenvalue weighted by atomic mass is 19.1. The fourth-order valence-electron chi connectivity index (χ4n) is 3.54. The van der Waals surface area contributed by atoms with E-state index in [0.717, 1.165) is 27.9 Å². The van der Waals surface area contributed by atoms with Gasteiger partial charge in [0.05, 0.1) is 30.0 Å². The molecule has 7 nitrogen and oxygen atoms in total. The van der Waals surface area contributed by atoms with Gasteiger partial charge in [-0.3, -0.25) is 0 Å². The maximum absolute atomic E-state index is 13.4. The van der Waals surface area contributed by atoms with E-state index < -0.39 is 11.8 Å². The third kappa shape index (κ3) is 3.98. The number of halogens is 1. The lowest BCUT2D eigenvalue weighted by molar-refractivity contribution is 0.0366. The van der Waals surface area contributed by atoms with E-state index in [1.54, 1.807) is 32.2 Å². The molecule has 2 aromatic carbocycles. The summed E-state index contributed by atoms with van der Waals surface area (Å²) in [4.78, 5) is 20.2. The summed E-state index contributed by atoms with van der Waals surface area (Å²) in [6, 6.07) is 11.0. The molecule has 0 bridgehead atoms. The lowest BCUT2D eigenvalue weighted by Crippen LogP contribution is -2.15. The second kappa shape index (κ2) is 8.65. The number of ether oxygens (including phenoxy) is 3. The number of rotatable bonds is 6. The topological polar surface area (TPSA) is 97.2 Å². The number of benzene rings is 2. The summed E-state index contributed by atoms with van der Waals surface area (Å²) >= 11 is 0. The van der Waals surface area contributed by atoms with Gasteiger partial charge in [0, 0.05) is 29.0 Å². The Morgan fingerprint density at radius 3 is 2.75 bits per heavy atom. The first-order valence-corrected chi connectivity index (χ1v) is 9.92. The van der Waals surface area contributed by atoms with Crippen LogP contribution in [-0.4, -0.2) is 29.2 Å². The number of carbonyl (C=O) groups excluding carboxylic acids is 1. The molecule has 0 fully saturated rings. The molecule has 0 saturated heterocycles. The molecule has 0 saturated carbocycles. The van der Waals surface area contributed by atoms with Crippen molar-refractivity contribution < 1.29 is 23.4 Å². The van der Waals surface area contributed by atoms with E-state index in [0.29, 0.717) is 11.3 Å². The Labute approximate surface area is 183 Å². The van der Waals surface area contributed by atoms with Crippen LogP contribution in [0, 0.1) is 17.1 Å². The van der Waals surface area contributed by atoms with Gasteiger partial charge < -0.3 is 19.2 Å². The molecule has 1 N–H and O–H groups in total. The molecule has 0 aliphatic rings. The van der Waals surface area contributed by atoms with Crippen molar-refractivity contribution >= 4 is 27.8 Å². The van der Waals surface area contributed by atoms with Crippen LogP contribution < -0.4 is 4.74 Å². The first kappa shape index (κ1) is 21.3. The number of aromatic amines is 1. The van der Waals surface area contributed by atoms with Crippen molar-refractivity contribution in [2.24, 2.45) is 0 Å². The standard InChI is InChI=1S/C24H20FN3O4/c1-13(2)31-24(29)23-18(12-30-3)22-17-9-16(5-6-19(17)28-20(22)11-27-23)32-21-7-4-15(25)8-14(21)10-26/h4-9,11,13,28H,12H2,1-3H3. The molecule has 0 atom stereocenters. The molecule has 0 spiro atoms. The number of methoxy groups -OCH3 is 1. The maximum atomic E-state index is 13.4. The number of nitrogens with zero attached hydrogens (tertiary/aromatic N) is 2. The summed E-state index contributed by atoms with van der Waals surface area (Å²) < 4.78 is 30.0. The van der Waals surface area contributed by atoms with Crippen molar-refractivity contribution in [3.8, 4) is 17.6 Å². The third-order valence-corrected chi connectivity index (χ3v) is 4.82. The van der Waals surface area contributed by atoms with Crippen molar-refractivity contribution in [3.63, 3.8) is 0 Å². The van der Waals surface area contributed by atoms with Gasteiger partial charge in [0.15, 0.2) is 5.69 Å². The summed E-state index contributed by atoms with van der Waals surface area (Å²) in [6.45, 7) is 3.70. The van der Waals surface area contributed by atoms with E-state index in [9.17, 15) is 14.4 Å². The molecule has 2 aromatic heterocycles. The summed E-state index contributed by atoms with van der Waals surface area (Å²) in [5.41, 5.74) is 2.40. The number of fused-ring (bicyclic) bond motifs is 3. The average molecular weight is 433 g/mol. The molecule has 0 radical (unpaired) electrons. The quantitative estimate of drug-likeness (QED) is 0.418. The lowest BCUT2D eigenvalue weighted by atomic mass is 10.1. The van der Waals surface area contributed by atoms with Crippen molar-refractivity contribution in [3.05, 3.63) is 65.2 Å². The fraction of sp³-hybridized carbons (Fsp3) is 0.208. The third-order valence-electron chi connectivity index (χ3n) is 4.82. The van der Waals surface area contributed by atoms with Gasteiger partial charge >= 0.3 is 5.97 Å². The molecule has 4 aromatic rings. The van der Waals surface area contributed by atoms with Gasteiger partial charge in [0.2, 0.25) is 0 Å². The first-order valence-electron chi connectivity index (χ1n) is 9.92. The molecule has 8 heteroatoms. The van der Waals surface area contributed by atoms with Gasteiger partial charge in [-0.1, -0.05) is 0 Å². The highest BCUT2D eigenvalue weighted by Crippen LogP contribution is 2.34. The summed E-state index contributed by atoms with van der Waals surface area (Å²) in [5.74, 6) is -0.347. The molecule has 32 heavy (non-hydrogen) atoms. The highest BCUT2D eigenvalue weighted by Gasteiger charge is 2.21. The lowest BCUT2D eigenvalue weighted by Gasteiger charge is -2.12. The predicted octanol–water partition coefficient (Wildman–Crippen LogP) is 5.23. The van der Waals surface area contributed by atoms with Gasteiger partial charge in [-0.2, -0.15) is 5.26 Å². The van der Waals surface area contributed by atoms with Crippen LogP contribution in [0.15, 0.2) is 42.6 Å². The number of aromatic nitrogens is 2. The van der Waals surface area contributed by atoms with E-state index in [2.05, 4.69) is 9.97 Å². The zero-order valence-electron chi connectivity index (χ0n) is 17.7. The fourth-order valence-corrected chi connectivity index (χ4v) is 3.54. The number of pyridine rings is 1. The van der Waals surface area contributed by atoms with Crippen molar-refractivity contribution in [1.29, 1.82) is 5.26 Å². The van der Waals surface area contributed by atoms with Gasteiger partial charge in [-0.25, -0.2) is 14.2 Å². The molecular weight excluding hydrogens is 413 g/mol. The van der Waals surface area contributed by atoms with Crippen molar-refractivity contribution in [2.45, 2.75) is 26.6 Å². The van der Waals surface area contributed by atoms with E-state index in [1.165, 1.54) is 19.2 Å². The molecule has 0 aliphatic carbocycles. The Morgan fingerprint density at radius 2 is 2.03 bits per heavy atom. The molecule has 4 rings (SSSR count). The minimum Gasteiger partial charge on any atom is -0.458 e.